The number of likely N-dealkylation sites (N-methyl/N-ethyl adjacent to an activating group) is 1. The third-order valence-electron chi connectivity index (χ3n) is 3.13. The van der Waals surface area contributed by atoms with Gasteiger partial charge in [0.05, 0.1) is 0 Å². The summed E-state index contributed by atoms with van der Waals surface area (Å²) in [5, 5.41) is 1.41. The van der Waals surface area contributed by atoms with Crippen LogP contribution in [0.1, 0.15) is 11.3 Å². The van der Waals surface area contributed by atoms with E-state index in [1.807, 2.05) is 0 Å². The maximum atomic E-state index is 3.53. The Morgan fingerprint density at radius 3 is 3.13 bits per heavy atom. The fourth-order valence-corrected chi connectivity index (χ4v) is 2.81. The fraction of sp³-hybridized carbons (Fsp3) is 0.333. The minimum atomic E-state index is 1.08. The first-order valence-corrected chi connectivity index (χ1v) is 6.29. The van der Waals surface area contributed by atoms with Crippen molar-refractivity contribution in [1.29, 1.82) is 0 Å². The van der Waals surface area contributed by atoms with Crippen molar-refractivity contribution in [2.24, 2.45) is 0 Å². The highest BCUT2D eigenvalue weighted by molar-refractivity contribution is 14.1. The van der Waals surface area contributed by atoms with Crippen LogP contribution in [0.5, 0.6) is 0 Å². The number of hydrogen-bond donors (Lipinski definition) is 1. The van der Waals surface area contributed by atoms with Crippen molar-refractivity contribution in [2.75, 3.05) is 13.6 Å². The molecule has 2 heterocycles. The van der Waals surface area contributed by atoms with Gasteiger partial charge in [0.15, 0.2) is 0 Å². The summed E-state index contributed by atoms with van der Waals surface area (Å²) in [6.45, 7) is 2.24. The van der Waals surface area contributed by atoms with Gasteiger partial charge in [-0.2, -0.15) is 0 Å². The second kappa shape index (κ2) is 3.49. The molecule has 0 unspecified atom stereocenters. The molecule has 0 bridgehead atoms. The molecule has 1 aromatic carbocycles. The van der Waals surface area contributed by atoms with Crippen LogP contribution in [0.3, 0.4) is 0 Å². The molecule has 1 aliphatic heterocycles. The number of halogens is 1. The highest BCUT2D eigenvalue weighted by Gasteiger charge is 2.17. The van der Waals surface area contributed by atoms with Crippen molar-refractivity contribution < 1.29 is 0 Å². The lowest BCUT2D eigenvalue weighted by molar-refractivity contribution is 0.313. The van der Waals surface area contributed by atoms with Crippen LogP contribution in [-0.4, -0.2) is 23.5 Å². The van der Waals surface area contributed by atoms with Gasteiger partial charge >= 0.3 is 0 Å². The summed E-state index contributed by atoms with van der Waals surface area (Å²) < 4.78 is 1.31. The van der Waals surface area contributed by atoms with Crippen LogP contribution in [0.15, 0.2) is 18.2 Å². The van der Waals surface area contributed by atoms with E-state index in [2.05, 4.69) is 57.7 Å². The van der Waals surface area contributed by atoms with Crippen LogP contribution in [-0.2, 0) is 13.0 Å². The Labute approximate surface area is 103 Å². The predicted molar refractivity (Wildman–Crippen MR) is 71.1 cm³/mol. The highest BCUT2D eigenvalue weighted by atomic mass is 127. The van der Waals surface area contributed by atoms with Gasteiger partial charge in [-0.05, 0) is 53.4 Å². The van der Waals surface area contributed by atoms with Gasteiger partial charge in [0.25, 0.3) is 0 Å². The quantitative estimate of drug-likeness (QED) is 0.741. The van der Waals surface area contributed by atoms with Gasteiger partial charge < -0.3 is 9.88 Å². The molecule has 78 valence electrons. The average molecular weight is 312 g/mol. The van der Waals surface area contributed by atoms with E-state index in [9.17, 15) is 0 Å². The van der Waals surface area contributed by atoms with Gasteiger partial charge in [-0.25, -0.2) is 0 Å². The van der Waals surface area contributed by atoms with E-state index in [0.717, 1.165) is 19.5 Å². The van der Waals surface area contributed by atoms with E-state index in [4.69, 9.17) is 0 Å². The molecule has 2 nitrogen and oxygen atoms in total. The lowest BCUT2D eigenvalue weighted by Crippen LogP contribution is -2.25. The van der Waals surface area contributed by atoms with Crippen LogP contribution in [0, 0.1) is 3.57 Å². The number of nitrogens with zero attached hydrogens (tertiary/aromatic N) is 1. The third-order valence-corrected chi connectivity index (χ3v) is 3.80. The summed E-state index contributed by atoms with van der Waals surface area (Å²) in [5.41, 5.74) is 4.22. The zero-order valence-electron chi connectivity index (χ0n) is 8.68. The molecule has 0 radical (unpaired) electrons. The van der Waals surface area contributed by atoms with Gasteiger partial charge in [0.1, 0.15) is 0 Å². The first-order chi connectivity index (χ1) is 7.24. The number of aromatic amines is 1. The van der Waals surface area contributed by atoms with E-state index in [1.54, 1.807) is 0 Å². The average Bonchev–Trinajstić information content (AvgIpc) is 2.56. The second-order valence-electron chi connectivity index (χ2n) is 4.26. The smallest absolute Gasteiger partial charge is 0.0460 e. The molecule has 1 aliphatic rings. The first kappa shape index (κ1) is 9.66. The molecule has 15 heavy (non-hydrogen) atoms. The molecule has 0 saturated carbocycles. The Balaban J connectivity index is 2.25. The van der Waals surface area contributed by atoms with Gasteiger partial charge in [-0.15, -0.1) is 0 Å². The van der Waals surface area contributed by atoms with Crippen LogP contribution in [0.2, 0.25) is 0 Å². The van der Waals surface area contributed by atoms with Crippen molar-refractivity contribution in [3.05, 3.63) is 33.0 Å². The normalized spacial score (nSPS) is 16.9. The van der Waals surface area contributed by atoms with Crippen LogP contribution in [0.25, 0.3) is 10.9 Å². The van der Waals surface area contributed by atoms with Gasteiger partial charge in [-0.3, -0.25) is 0 Å². The molecular formula is C12H13IN2. The Morgan fingerprint density at radius 1 is 1.40 bits per heavy atom. The molecule has 0 amide bonds. The summed E-state index contributed by atoms with van der Waals surface area (Å²) in [5.74, 6) is 0. The summed E-state index contributed by atoms with van der Waals surface area (Å²) in [6, 6.07) is 6.63. The number of rotatable bonds is 0. The van der Waals surface area contributed by atoms with Crippen molar-refractivity contribution in [3.8, 4) is 0 Å². The minimum absolute atomic E-state index is 1.08. The highest BCUT2D eigenvalue weighted by Crippen LogP contribution is 2.28. The Morgan fingerprint density at radius 2 is 2.27 bits per heavy atom. The van der Waals surface area contributed by atoms with E-state index >= 15 is 0 Å². The van der Waals surface area contributed by atoms with Crippen LogP contribution in [0.4, 0.5) is 0 Å². The molecule has 3 rings (SSSR count). The number of aromatic nitrogens is 1. The van der Waals surface area contributed by atoms with Crippen LogP contribution < -0.4 is 0 Å². The number of hydrogen-bond acceptors (Lipinski definition) is 1. The van der Waals surface area contributed by atoms with Crippen molar-refractivity contribution >= 4 is 33.5 Å². The lowest BCUT2D eigenvalue weighted by atomic mass is 10.1. The van der Waals surface area contributed by atoms with Crippen molar-refractivity contribution in [1.82, 2.24) is 9.88 Å². The second-order valence-corrected chi connectivity index (χ2v) is 5.51. The third kappa shape index (κ3) is 1.58. The molecule has 3 heteroatoms. The molecule has 2 aromatic rings. The van der Waals surface area contributed by atoms with E-state index in [0.29, 0.717) is 0 Å². The van der Waals surface area contributed by atoms with Crippen LogP contribution >= 0.6 is 22.6 Å². The molecule has 0 saturated heterocycles. The Hall–Kier alpha value is -0.550. The van der Waals surface area contributed by atoms with Crippen molar-refractivity contribution in [2.45, 2.75) is 13.0 Å². The fourth-order valence-electron chi connectivity index (χ4n) is 2.32. The molecule has 0 aliphatic carbocycles. The van der Waals surface area contributed by atoms with E-state index < -0.39 is 0 Å². The monoisotopic (exact) mass is 312 g/mol. The molecule has 0 fully saturated rings. The number of benzene rings is 1. The molecule has 0 spiro atoms. The molecule has 0 atom stereocenters. The maximum absolute atomic E-state index is 3.53. The van der Waals surface area contributed by atoms with Gasteiger partial charge in [-0.1, -0.05) is 0 Å². The number of H-pyrrole nitrogens is 1. The Kier molecular flexibility index (Phi) is 2.25. The minimum Gasteiger partial charge on any atom is -0.358 e. The maximum Gasteiger partial charge on any atom is 0.0460 e. The van der Waals surface area contributed by atoms with E-state index in [1.165, 1.54) is 25.7 Å². The van der Waals surface area contributed by atoms with Gasteiger partial charge in [0.2, 0.25) is 0 Å². The Bertz CT molecular complexity index is 516. The largest absolute Gasteiger partial charge is 0.358 e. The molecular weight excluding hydrogens is 299 g/mol. The zero-order valence-corrected chi connectivity index (χ0v) is 10.8. The summed E-state index contributed by atoms with van der Waals surface area (Å²) in [7, 11) is 2.19. The van der Waals surface area contributed by atoms with E-state index in [-0.39, 0.29) is 0 Å². The number of fused-ring (bicyclic) bond motifs is 3. The lowest BCUT2D eigenvalue weighted by Gasteiger charge is -2.22. The number of nitrogens with one attached hydrogen (secondary N) is 1. The first-order valence-electron chi connectivity index (χ1n) is 5.21. The van der Waals surface area contributed by atoms with Crippen molar-refractivity contribution in [3.63, 3.8) is 0 Å². The summed E-state index contributed by atoms with van der Waals surface area (Å²) in [6.07, 6.45) is 1.15. The zero-order chi connectivity index (χ0) is 10.4. The topological polar surface area (TPSA) is 19.0 Å². The summed E-state index contributed by atoms with van der Waals surface area (Å²) >= 11 is 2.38. The predicted octanol–water partition coefficient (Wildman–Crippen LogP) is 2.76. The summed E-state index contributed by atoms with van der Waals surface area (Å²) in [4.78, 5) is 5.92. The standard InChI is InChI=1S/C12H13IN2/c1-15-5-4-12-10(7-15)9-6-8(13)2-3-11(9)14-12/h2-3,6,14H,4-5,7H2,1H3. The molecule has 1 aromatic heterocycles. The molecule has 1 N–H and O–H groups in total. The van der Waals surface area contributed by atoms with Gasteiger partial charge in [0, 0.05) is 39.7 Å². The SMILES string of the molecule is CN1CCc2[nH]c3ccc(I)cc3c2C1.